The van der Waals surface area contributed by atoms with E-state index in [1.54, 1.807) is 40.7 Å². The second-order valence-corrected chi connectivity index (χ2v) is 10.4. The first-order chi connectivity index (χ1) is 16.6. The molecule has 0 radical (unpaired) electrons. The molecule has 1 rings (SSSR count). The van der Waals surface area contributed by atoms with E-state index in [9.17, 15) is 19.2 Å². The van der Waals surface area contributed by atoms with Gasteiger partial charge in [0.2, 0.25) is 0 Å². The van der Waals surface area contributed by atoms with Crippen LogP contribution in [0.25, 0.3) is 0 Å². The standard InChI is InChI=1S/C26H39NO9/c1-15(2)22(28)35-20-10-9-18(12-21(20)36-23(29)16(3)4)11-19(27)24(30)32-13-17(5)34-25(31)33-14-26(6,7)8/h9-10,12,15-17,19H,11,13-14,27H2,1-8H3/t17-,19-/m0/s1. The second-order valence-electron chi connectivity index (χ2n) is 10.4. The van der Waals surface area contributed by atoms with Crippen molar-refractivity contribution >= 4 is 24.1 Å². The fraction of sp³-hybridized carbons (Fsp3) is 0.615. The Kier molecular flexibility index (Phi) is 11.9. The van der Waals surface area contributed by atoms with Gasteiger partial charge in [0.1, 0.15) is 18.8 Å². The van der Waals surface area contributed by atoms with Crippen LogP contribution in [0.3, 0.4) is 0 Å². The summed E-state index contributed by atoms with van der Waals surface area (Å²) in [7, 11) is 0. The van der Waals surface area contributed by atoms with Crippen molar-refractivity contribution in [3.8, 4) is 11.5 Å². The highest BCUT2D eigenvalue weighted by atomic mass is 16.7. The molecule has 0 spiro atoms. The van der Waals surface area contributed by atoms with Gasteiger partial charge in [-0.15, -0.1) is 0 Å². The molecule has 36 heavy (non-hydrogen) atoms. The molecule has 10 heteroatoms. The summed E-state index contributed by atoms with van der Waals surface area (Å²) < 4.78 is 26.0. The molecule has 0 bridgehead atoms. The monoisotopic (exact) mass is 509 g/mol. The lowest BCUT2D eigenvalue weighted by atomic mass is 9.99. The smallest absolute Gasteiger partial charge is 0.461 e. The molecule has 1 aromatic carbocycles. The van der Waals surface area contributed by atoms with Crippen molar-refractivity contribution in [2.45, 2.75) is 74.0 Å². The summed E-state index contributed by atoms with van der Waals surface area (Å²) in [5, 5.41) is 0. The first-order valence-electron chi connectivity index (χ1n) is 11.9. The summed E-state index contributed by atoms with van der Waals surface area (Å²) >= 11 is 0. The third kappa shape index (κ3) is 11.5. The third-order valence-corrected chi connectivity index (χ3v) is 4.51. The highest BCUT2D eigenvalue weighted by Gasteiger charge is 2.22. The zero-order valence-electron chi connectivity index (χ0n) is 22.4. The normalized spacial score (nSPS) is 13.1. The number of carbonyl (C=O) groups excluding carboxylic acids is 4. The largest absolute Gasteiger partial charge is 0.508 e. The Bertz CT molecular complexity index is 918. The molecule has 1 aromatic rings. The molecule has 0 fully saturated rings. The van der Waals surface area contributed by atoms with Crippen LogP contribution >= 0.6 is 0 Å². The Hall–Kier alpha value is -3.14. The summed E-state index contributed by atoms with van der Waals surface area (Å²) in [6.45, 7) is 14.0. The highest BCUT2D eigenvalue weighted by Crippen LogP contribution is 2.30. The predicted molar refractivity (Wildman–Crippen MR) is 131 cm³/mol. The van der Waals surface area contributed by atoms with Crippen LogP contribution < -0.4 is 15.2 Å². The number of ether oxygens (including phenoxy) is 5. The summed E-state index contributed by atoms with van der Waals surface area (Å²) in [5.41, 5.74) is 6.35. The number of benzene rings is 1. The van der Waals surface area contributed by atoms with Crippen molar-refractivity contribution in [3.05, 3.63) is 23.8 Å². The Labute approximate surface area is 212 Å². The van der Waals surface area contributed by atoms with Gasteiger partial charge in [-0.1, -0.05) is 54.5 Å². The summed E-state index contributed by atoms with van der Waals surface area (Å²) in [5.74, 6) is -2.34. The van der Waals surface area contributed by atoms with Crippen molar-refractivity contribution < 1.29 is 42.9 Å². The van der Waals surface area contributed by atoms with E-state index in [1.165, 1.54) is 12.1 Å². The SMILES string of the molecule is CC(C)C(=O)Oc1ccc(C[C@H](N)C(=O)OC[C@H](C)OC(=O)OCC(C)(C)C)cc1OC(=O)C(C)C. The molecule has 2 N–H and O–H groups in total. The third-order valence-electron chi connectivity index (χ3n) is 4.51. The molecule has 0 aliphatic heterocycles. The lowest BCUT2D eigenvalue weighted by Gasteiger charge is -2.19. The van der Waals surface area contributed by atoms with E-state index in [1.807, 2.05) is 20.8 Å². The van der Waals surface area contributed by atoms with Crippen molar-refractivity contribution in [2.75, 3.05) is 13.2 Å². The minimum absolute atomic E-state index is 0.0524. The topological polar surface area (TPSA) is 140 Å². The molecule has 0 saturated carbocycles. The first kappa shape index (κ1) is 30.9. The van der Waals surface area contributed by atoms with Crippen molar-refractivity contribution in [3.63, 3.8) is 0 Å². The van der Waals surface area contributed by atoms with E-state index in [2.05, 4.69) is 0 Å². The van der Waals surface area contributed by atoms with Gasteiger partial charge in [-0.25, -0.2) is 4.79 Å². The predicted octanol–water partition coefficient (Wildman–Crippen LogP) is 3.81. The maximum Gasteiger partial charge on any atom is 0.508 e. The number of rotatable bonds is 11. The van der Waals surface area contributed by atoms with Gasteiger partial charge in [0, 0.05) is 0 Å². The minimum Gasteiger partial charge on any atom is -0.461 e. The van der Waals surface area contributed by atoms with Gasteiger partial charge < -0.3 is 29.4 Å². The molecule has 0 aromatic heterocycles. The molecule has 0 heterocycles. The van der Waals surface area contributed by atoms with Crippen LogP contribution in [0.2, 0.25) is 0 Å². The number of hydrogen-bond donors (Lipinski definition) is 1. The summed E-state index contributed by atoms with van der Waals surface area (Å²) in [6.07, 6.45) is -1.52. The van der Waals surface area contributed by atoms with Gasteiger partial charge >= 0.3 is 24.1 Å². The van der Waals surface area contributed by atoms with Crippen LogP contribution in [0.1, 0.15) is 61.0 Å². The van der Waals surface area contributed by atoms with Gasteiger partial charge in [0.05, 0.1) is 18.4 Å². The Morgan fingerprint density at radius 2 is 1.39 bits per heavy atom. The molecule has 0 saturated heterocycles. The number of hydrogen-bond acceptors (Lipinski definition) is 10. The van der Waals surface area contributed by atoms with E-state index in [0.717, 1.165) is 0 Å². The fourth-order valence-corrected chi connectivity index (χ4v) is 2.45. The molecule has 0 aliphatic carbocycles. The zero-order valence-corrected chi connectivity index (χ0v) is 22.4. The van der Waals surface area contributed by atoms with E-state index in [-0.39, 0.29) is 42.5 Å². The van der Waals surface area contributed by atoms with E-state index in [4.69, 9.17) is 29.4 Å². The molecule has 202 valence electrons. The van der Waals surface area contributed by atoms with Gasteiger partial charge in [-0.3, -0.25) is 14.4 Å². The summed E-state index contributed by atoms with van der Waals surface area (Å²) in [6, 6.07) is 3.55. The number of nitrogens with two attached hydrogens (primary N) is 1. The molecule has 0 amide bonds. The molecule has 2 atom stereocenters. The van der Waals surface area contributed by atoms with Gasteiger partial charge in [-0.2, -0.15) is 0 Å². The fourth-order valence-electron chi connectivity index (χ4n) is 2.45. The maximum atomic E-state index is 12.4. The van der Waals surface area contributed by atoms with Crippen molar-refractivity contribution in [1.29, 1.82) is 0 Å². The number of carbonyl (C=O) groups is 4. The van der Waals surface area contributed by atoms with Crippen LogP contribution in [0.5, 0.6) is 11.5 Å². The average molecular weight is 510 g/mol. The minimum atomic E-state index is -1.04. The maximum absolute atomic E-state index is 12.4. The number of esters is 3. The Morgan fingerprint density at radius 3 is 1.92 bits per heavy atom. The van der Waals surface area contributed by atoms with Gasteiger partial charge in [0.25, 0.3) is 0 Å². The second kappa shape index (κ2) is 13.8. The molecule has 0 aliphatic rings. The van der Waals surface area contributed by atoms with Crippen LogP contribution in [0.15, 0.2) is 18.2 Å². The Morgan fingerprint density at radius 1 is 0.833 bits per heavy atom. The van der Waals surface area contributed by atoms with Crippen LogP contribution in [0, 0.1) is 17.3 Å². The van der Waals surface area contributed by atoms with E-state index in [0.29, 0.717) is 5.56 Å². The lowest BCUT2D eigenvalue weighted by molar-refractivity contribution is -0.148. The quantitative estimate of drug-likeness (QED) is 0.346. The van der Waals surface area contributed by atoms with E-state index < -0.39 is 42.1 Å². The lowest BCUT2D eigenvalue weighted by Crippen LogP contribution is -2.36. The van der Waals surface area contributed by atoms with Crippen LogP contribution in [-0.2, 0) is 35.0 Å². The molecular weight excluding hydrogens is 470 g/mol. The van der Waals surface area contributed by atoms with E-state index >= 15 is 0 Å². The first-order valence-corrected chi connectivity index (χ1v) is 11.9. The molecule has 0 unspecified atom stereocenters. The average Bonchev–Trinajstić information content (AvgIpc) is 2.76. The van der Waals surface area contributed by atoms with Crippen LogP contribution in [0.4, 0.5) is 4.79 Å². The summed E-state index contributed by atoms with van der Waals surface area (Å²) in [4.78, 5) is 48.2. The van der Waals surface area contributed by atoms with Crippen molar-refractivity contribution in [2.24, 2.45) is 23.0 Å². The van der Waals surface area contributed by atoms with Crippen molar-refractivity contribution in [1.82, 2.24) is 0 Å². The molecular formula is C26H39NO9. The highest BCUT2D eigenvalue weighted by molar-refractivity contribution is 5.78. The van der Waals surface area contributed by atoms with Gasteiger partial charge in [0.15, 0.2) is 11.5 Å². The zero-order chi connectivity index (χ0) is 27.6. The van der Waals surface area contributed by atoms with Crippen LogP contribution in [-0.4, -0.2) is 49.4 Å². The molecule has 10 nitrogen and oxygen atoms in total. The van der Waals surface area contributed by atoms with Gasteiger partial charge in [-0.05, 0) is 36.5 Å². The Balaban J connectivity index is 2.76.